The molecule has 0 saturated heterocycles. The van der Waals surface area contributed by atoms with Crippen LogP contribution in [0.5, 0.6) is 0 Å². The summed E-state index contributed by atoms with van der Waals surface area (Å²) in [7, 11) is 0. The van der Waals surface area contributed by atoms with Gasteiger partial charge in [0.15, 0.2) is 0 Å². The molecular formula is C9H18O2. The molecule has 0 aliphatic rings. The molecule has 0 aromatic heterocycles. The normalized spacial score (nSPS) is 16.0. The summed E-state index contributed by atoms with van der Waals surface area (Å²) < 4.78 is 0. The van der Waals surface area contributed by atoms with E-state index in [9.17, 15) is 9.90 Å². The second kappa shape index (κ2) is 5.30. The fourth-order valence-corrected chi connectivity index (χ4v) is 1.21. The van der Waals surface area contributed by atoms with Crippen LogP contribution in [-0.2, 0) is 4.79 Å². The molecular weight excluding hydrogens is 140 g/mol. The third kappa shape index (κ3) is 6.05. The lowest BCUT2D eigenvalue weighted by Crippen LogP contribution is -2.12. The number of carbonyl (C=O) groups is 1. The van der Waals surface area contributed by atoms with E-state index in [2.05, 4.69) is 0 Å². The molecule has 0 aromatic rings. The molecule has 11 heavy (non-hydrogen) atoms. The van der Waals surface area contributed by atoms with Crippen molar-refractivity contribution in [3.63, 3.8) is 0 Å². The molecule has 2 atom stereocenters. The van der Waals surface area contributed by atoms with Crippen molar-refractivity contribution < 1.29 is 9.90 Å². The summed E-state index contributed by atoms with van der Waals surface area (Å²) in [5.41, 5.74) is 0. The first kappa shape index (κ1) is 10.6. The lowest BCUT2D eigenvalue weighted by atomic mass is 9.97. The van der Waals surface area contributed by atoms with Crippen LogP contribution in [0, 0.1) is 5.92 Å². The quantitative estimate of drug-likeness (QED) is 0.662. The number of carbonyl (C=O) groups excluding carboxylic acids is 1. The number of Topliss-reactive ketones (excluding diaryl/α,β-unsaturated/α-hetero) is 1. The van der Waals surface area contributed by atoms with Gasteiger partial charge in [-0.2, -0.15) is 0 Å². The van der Waals surface area contributed by atoms with Gasteiger partial charge in [-0.3, -0.25) is 0 Å². The summed E-state index contributed by atoms with van der Waals surface area (Å²) in [6, 6.07) is 0. The van der Waals surface area contributed by atoms with Gasteiger partial charge >= 0.3 is 0 Å². The molecule has 2 heteroatoms. The van der Waals surface area contributed by atoms with Crippen LogP contribution in [0.4, 0.5) is 0 Å². The van der Waals surface area contributed by atoms with Crippen LogP contribution in [0.1, 0.15) is 40.0 Å². The van der Waals surface area contributed by atoms with Crippen LogP contribution >= 0.6 is 0 Å². The van der Waals surface area contributed by atoms with Crippen molar-refractivity contribution in [2.45, 2.75) is 46.1 Å². The lowest BCUT2D eigenvalue weighted by Gasteiger charge is -2.12. The molecule has 0 bridgehead atoms. The highest BCUT2D eigenvalue weighted by molar-refractivity contribution is 5.75. The number of hydrogen-bond acceptors (Lipinski definition) is 2. The van der Waals surface area contributed by atoms with Crippen molar-refractivity contribution in [1.82, 2.24) is 0 Å². The fraction of sp³-hybridized carbons (Fsp3) is 0.889. The van der Waals surface area contributed by atoms with Crippen LogP contribution in [-0.4, -0.2) is 17.0 Å². The Morgan fingerprint density at radius 2 is 2.09 bits per heavy atom. The summed E-state index contributed by atoms with van der Waals surface area (Å²) >= 11 is 0. The molecule has 66 valence electrons. The smallest absolute Gasteiger partial charge is 0.130 e. The van der Waals surface area contributed by atoms with E-state index in [1.807, 2.05) is 13.8 Å². The first-order valence-electron chi connectivity index (χ1n) is 4.23. The van der Waals surface area contributed by atoms with Gasteiger partial charge in [-0.25, -0.2) is 0 Å². The van der Waals surface area contributed by atoms with E-state index in [1.54, 1.807) is 6.92 Å². The van der Waals surface area contributed by atoms with Gasteiger partial charge in [-0.15, -0.1) is 0 Å². The largest absolute Gasteiger partial charge is 0.393 e. The zero-order valence-corrected chi connectivity index (χ0v) is 7.63. The minimum atomic E-state index is -0.232. The number of ketones is 1. The van der Waals surface area contributed by atoms with Gasteiger partial charge in [-0.1, -0.05) is 13.8 Å². The highest BCUT2D eigenvalue weighted by Crippen LogP contribution is 2.12. The number of aliphatic hydroxyl groups excluding tert-OH is 1. The maximum Gasteiger partial charge on any atom is 0.130 e. The zero-order chi connectivity index (χ0) is 8.85. The Morgan fingerprint density at radius 3 is 2.45 bits per heavy atom. The predicted octanol–water partition coefficient (Wildman–Crippen LogP) is 1.76. The molecule has 0 amide bonds. The second-order valence-corrected chi connectivity index (χ2v) is 3.31. The van der Waals surface area contributed by atoms with E-state index in [-0.39, 0.29) is 11.9 Å². The van der Waals surface area contributed by atoms with Crippen LogP contribution in [0.25, 0.3) is 0 Å². The SMILES string of the molecule is CCC(O)CC(C)CC(C)=O. The van der Waals surface area contributed by atoms with Gasteiger partial charge in [0.1, 0.15) is 5.78 Å². The molecule has 0 aromatic carbocycles. The van der Waals surface area contributed by atoms with Crippen LogP contribution < -0.4 is 0 Å². The van der Waals surface area contributed by atoms with Crippen LogP contribution in [0.3, 0.4) is 0 Å². The average molecular weight is 158 g/mol. The van der Waals surface area contributed by atoms with Gasteiger partial charge in [0.25, 0.3) is 0 Å². The maximum atomic E-state index is 10.6. The molecule has 0 fully saturated rings. The van der Waals surface area contributed by atoms with E-state index in [0.717, 1.165) is 12.8 Å². The molecule has 0 aliphatic carbocycles. The molecule has 0 aliphatic heterocycles. The topological polar surface area (TPSA) is 37.3 Å². The van der Waals surface area contributed by atoms with Gasteiger partial charge in [0.05, 0.1) is 6.10 Å². The number of hydrogen-bond donors (Lipinski definition) is 1. The number of rotatable bonds is 5. The Balaban J connectivity index is 3.51. The van der Waals surface area contributed by atoms with E-state index in [4.69, 9.17) is 0 Å². The summed E-state index contributed by atoms with van der Waals surface area (Å²) in [5.74, 6) is 0.531. The molecule has 0 rings (SSSR count). The minimum absolute atomic E-state index is 0.209. The Morgan fingerprint density at radius 1 is 1.55 bits per heavy atom. The summed E-state index contributed by atoms with van der Waals surface area (Å²) in [6.45, 7) is 5.54. The van der Waals surface area contributed by atoms with Crippen molar-refractivity contribution in [3.8, 4) is 0 Å². The first-order valence-corrected chi connectivity index (χ1v) is 4.23. The Bertz CT molecular complexity index is 121. The molecule has 1 N–H and O–H groups in total. The van der Waals surface area contributed by atoms with E-state index < -0.39 is 0 Å². The first-order chi connectivity index (χ1) is 5.06. The third-order valence-electron chi connectivity index (χ3n) is 1.78. The third-order valence-corrected chi connectivity index (χ3v) is 1.78. The summed E-state index contributed by atoms with van der Waals surface area (Å²) in [5, 5.41) is 9.23. The lowest BCUT2D eigenvalue weighted by molar-refractivity contribution is -0.117. The summed E-state index contributed by atoms with van der Waals surface area (Å²) in [4.78, 5) is 10.6. The molecule has 0 heterocycles. The average Bonchev–Trinajstić information content (AvgIpc) is 1.85. The van der Waals surface area contributed by atoms with E-state index >= 15 is 0 Å². The summed E-state index contributed by atoms with van der Waals surface area (Å²) in [6.07, 6.45) is 1.89. The van der Waals surface area contributed by atoms with Crippen molar-refractivity contribution in [1.29, 1.82) is 0 Å². The maximum absolute atomic E-state index is 10.6. The molecule has 0 radical (unpaired) electrons. The monoisotopic (exact) mass is 158 g/mol. The standard InChI is InChI=1S/C9H18O2/c1-4-9(11)6-7(2)5-8(3)10/h7,9,11H,4-6H2,1-3H3. The van der Waals surface area contributed by atoms with Crippen molar-refractivity contribution in [3.05, 3.63) is 0 Å². The highest BCUT2D eigenvalue weighted by atomic mass is 16.3. The molecule has 2 nitrogen and oxygen atoms in total. The Kier molecular flexibility index (Phi) is 5.12. The highest BCUT2D eigenvalue weighted by Gasteiger charge is 2.09. The van der Waals surface area contributed by atoms with E-state index in [1.165, 1.54) is 0 Å². The van der Waals surface area contributed by atoms with Crippen LogP contribution in [0.15, 0.2) is 0 Å². The predicted molar refractivity (Wildman–Crippen MR) is 45.4 cm³/mol. The molecule has 2 unspecified atom stereocenters. The molecule has 0 spiro atoms. The van der Waals surface area contributed by atoms with Gasteiger partial charge in [0.2, 0.25) is 0 Å². The number of aliphatic hydroxyl groups is 1. The van der Waals surface area contributed by atoms with Crippen molar-refractivity contribution in [2.24, 2.45) is 5.92 Å². The molecule has 0 saturated carbocycles. The van der Waals surface area contributed by atoms with Crippen molar-refractivity contribution in [2.75, 3.05) is 0 Å². The van der Waals surface area contributed by atoms with Gasteiger partial charge < -0.3 is 9.90 Å². The van der Waals surface area contributed by atoms with E-state index in [0.29, 0.717) is 12.3 Å². The van der Waals surface area contributed by atoms with Gasteiger partial charge in [-0.05, 0) is 25.7 Å². The Hall–Kier alpha value is -0.370. The second-order valence-electron chi connectivity index (χ2n) is 3.31. The zero-order valence-electron chi connectivity index (χ0n) is 7.63. The fourth-order valence-electron chi connectivity index (χ4n) is 1.21. The Labute approximate surface area is 68.6 Å². The minimum Gasteiger partial charge on any atom is -0.393 e. The van der Waals surface area contributed by atoms with Crippen molar-refractivity contribution >= 4 is 5.78 Å². The van der Waals surface area contributed by atoms with Gasteiger partial charge in [0, 0.05) is 6.42 Å². The van der Waals surface area contributed by atoms with Crippen LogP contribution in [0.2, 0.25) is 0 Å².